The molecular formula is C12H13N5O2S. The highest BCUT2D eigenvalue weighted by Crippen LogP contribution is 2.36. The van der Waals surface area contributed by atoms with Gasteiger partial charge < -0.3 is 0 Å². The van der Waals surface area contributed by atoms with Crippen LogP contribution < -0.4 is 5.32 Å². The summed E-state index contributed by atoms with van der Waals surface area (Å²) in [6.45, 7) is 0.515. The number of benzene rings is 1. The number of hydrogen-bond acceptors (Lipinski definition) is 5. The fourth-order valence-electron chi connectivity index (χ4n) is 2.33. The summed E-state index contributed by atoms with van der Waals surface area (Å²) in [7, 11) is -3.33. The van der Waals surface area contributed by atoms with Crippen molar-refractivity contribution in [3.05, 3.63) is 40.3 Å². The maximum absolute atomic E-state index is 12.0. The molecule has 2 rings (SSSR count). The first kappa shape index (κ1) is 14.3. The maximum Gasteiger partial charge on any atom is 0.178 e. The Bertz CT molecular complexity index is 703. The molecule has 0 saturated heterocycles. The van der Waals surface area contributed by atoms with Crippen molar-refractivity contribution in [3.8, 4) is 6.07 Å². The summed E-state index contributed by atoms with van der Waals surface area (Å²) < 4.78 is 24.1. The van der Waals surface area contributed by atoms with Crippen LogP contribution in [0.4, 0.5) is 0 Å². The maximum atomic E-state index is 12.0. The number of rotatable bonds is 4. The average Bonchev–Trinajstić information content (AvgIpc) is 2.46. The van der Waals surface area contributed by atoms with Crippen LogP contribution >= 0.6 is 0 Å². The molecule has 104 valence electrons. The van der Waals surface area contributed by atoms with Gasteiger partial charge in [-0.3, -0.25) is 5.32 Å². The van der Waals surface area contributed by atoms with Crippen molar-refractivity contribution < 1.29 is 8.42 Å². The lowest BCUT2D eigenvalue weighted by molar-refractivity contribution is 0.402. The van der Waals surface area contributed by atoms with Gasteiger partial charge in [0.2, 0.25) is 0 Å². The Labute approximate surface area is 116 Å². The van der Waals surface area contributed by atoms with E-state index in [0.717, 1.165) is 0 Å². The fourth-order valence-corrected chi connectivity index (χ4v) is 3.98. The van der Waals surface area contributed by atoms with Crippen molar-refractivity contribution in [1.82, 2.24) is 5.32 Å². The van der Waals surface area contributed by atoms with E-state index in [-0.39, 0.29) is 23.6 Å². The second kappa shape index (κ2) is 5.51. The van der Waals surface area contributed by atoms with Crippen LogP contribution in [-0.2, 0) is 15.4 Å². The van der Waals surface area contributed by atoms with Crippen molar-refractivity contribution in [2.24, 2.45) is 5.11 Å². The molecule has 1 unspecified atom stereocenters. The van der Waals surface area contributed by atoms with E-state index in [1.807, 2.05) is 0 Å². The second-order valence-electron chi connectivity index (χ2n) is 4.46. The van der Waals surface area contributed by atoms with Gasteiger partial charge >= 0.3 is 0 Å². The predicted molar refractivity (Wildman–Crippen MR) is 72.4 cm³/mol. The van der Waals surface area contributed by atoms with Crippen molar-refractivity contribution in [2.45, 2.75) is 16.9 Å². The zero-order chi connectivity index (χ0) is 14.6. The first-order valence-corrected chi connectivity index (χ1v) is 7.70. The Balaban J connectivity index is 2.41. The Morgan fingerprint density at radius 3 is 2.95 bits per heavy atom. The lowest BCUT2D eigenvalue weighted by Crippen LogP contribution is -2.47. The van der Waals surface area contributed by atoms with Crippen LogP contribution in [-0.4, -0.2) is 27.3 Å². The number of hydrogen-bond donors (Lipinski definition) is 1. The van der Waals surface area contributed by atoms with E-state index in [4.69, 9.17) is 5.53 Å². The third-order valence-electron chi connectivity index (χ3n) is 3.32. The quantitative estimate of drug-likeness (QED) is 0.391. The summed E-state index contributed by atoms with van der Waals surface area (Å²) in [6, 6.07) is 8.70. The molecule has 1 aromatic carbocycles. The van der Waals surface area contributed by atoms with Gasteiger partial charge in [0.25, 0.3) is 0 Å². The molecule has 0 bridgehead atoms. The molecule has 8 heteroatoms. The molecule has 1 atom stereocenters. The monoisotopic (exact) mass is 291 g/mol. The van der Waals surface area contributed by atoms with Crippen LogP contribution in [0.5, 0.6) is 0 Å². The summed E-state index contributed by atoms with van der Waals surface area (Å²) in [5.74, 6) is -0.0773. The number of nitrogens with zero attached hydrogens (tertiary/aromatic N) is 4. The molecule has 1 aliphatic heterocycles. The minimum Gasteiger partial charge on any atom is -0.295 e. The topological polar surface area (TPSA) is 119 Å². The van der Waals surface area contributed by atoms with Crippen LogP contribution in [0.3, 0.4) is 0 Å². The smallest absolute Gasteiger partial charge is 0.178 e. The Morgan fingerprint density at radius 2 is 2.25 bits per heavy atom. The Morgan fingerprint density at radius 1 is 1.50 bits per heavy atom. The molecule has 20 heavy (non-hydrogen) atoms. The van der Waals surface area contributed by atoms with E-state index in [2.05, 4.69) is 21.4 Å². The Hall–Kier alpha value is -2.07. The van der Waals surface area contributed by atoms with E-state index in [0.29, 0.717) is 12.1 Å². The zero-order valence-electron chi connectivity index (χ0n) is 10.7. The van der Waals surface area contributed by atoms with Crippen LogP contribution in [0.1, 0.15) is 12.0 Å². The third-order valence-corrected chi connectivity index (χ3v) is 5.09. The summed E-state index contributed by atoms with van der Waals surface area (Å²) in [4.78, 5) is 2.84. The van der Waals surface area contributed by atoms with Gasteiger partial charge in [-0.25, -0.2) is 8.42 Å². The van der Waals surface area contributed by atoms with E-state index in [1.165, 1.54) is 6.07 Å². The summed E-state index contributed by atoms with van der Waals surface area (Å²) in [6.07, 6.45) is 0.180. The average molecular weight is 291 g/mol. The van der Waals surface area contributed by atoms with Gasteiger partial charge in [0, 0.05) is 23.6 Å². The molecule has 0 spiro atoms. The standard InChI is InChI=1S/C12H13N5O2S/c13-9-12(15-6-7-16-17-14)5-8-20(18,19)11-4-2-1-3-10(11)12/h1-4,15H,5-8H2. The summed E-state index contributed by atoms with van der Waals surface area (Å²) >= 11 is 0. The molecule has 1 heterocycles. The lowest BCUT2D eigenvalue weighted by Gasteiger charge is -2.33. The zero-order valence-corrected chi connectivity index (χ0v) is 11.5. The largest absolute Gasteiger partial charge is 0.295 e. The number of azide groups is 1. The van der Waals surface area contributed by atoms with Gasteiger partial charge in [0.1, 0.15) is 5.54 Å². The highest BCUT2D eigenvalue weighted by molar-refractivity contribution is 7.91. The minimum atomic E-state index is -3.33. The first-order valence-electron chi connectivity index (χ1n) is 6.05. The number of nitriles is 1. The number of fused-ring (bicyclic) bond motifs is 1. The molecule has 7 nitrogen and oxygen atoms in total. The van der Waals surface area contributed by atoms with Crippen LogP contribution in [0, 0.1) is 11.3 Å². The predicted octanol–water partition coefficient (Wildman–Crippen LogP) is 1.48. The van der Waals surface area contributed by atoms with Crippen molar-refractivity contribution in [1.29, 1.82) is 5.26 Å². The normalized spacial score (nSPS) is 23.1. The number of nitrogens with one attached hydrogen (secondary N) is 1. The van der Waals surface area contributed by atoms with E-state index < -0.39 is 15.4 Å². The first-order chi connectivity index (χ1) is 9.56. The fraction of sp³-hybridized carbons (Fsp3) is 0.417. The van der Waals surface area contributed by atoms with Crippen LogP contribution in [0.2, 0.25) is 0 Å². The molecular weight excluding hydrogens is 278 g/mol. The van der Waals surface area contributed by atoms with Gasteiger partial charge in [-0.1, -0.05) is 23.3 Å². The van der Waals surface area contributed by atoms with Gasteiger partial charge in [-0.15, -0.1) is 0 Å². The second-order valence-corrected chi connectivity index (χ2v) is 6.54. The van der Waals surface area contributed by atoms with Crippen LogP contribution in [0.25, 0.3) is 10.4 Å². The molecule has 0 aliphatic carbocycles. The van der Waals surface area contributed by atoms with Crippen molar-refractivity contribution in [2.75, 3.05) is 18.8 Å². The highest BCUT2D eigenvalue weighted by Gasteiger charge is 2.41. The minimum absolute atomic E-state index is 0.0773. The van der Waals surface area contributed by atoms with Crippen molar-refractivity contribution >= 4 is 9.84 Å². The number of sulfone groups is 1. The van der Waals surface area contributed by atoms with E-state index in [1.54, 1.807) is 18.2 Å². The highest BCUT2D eigenvalue weighted by atomic mass is 32.2. The van der Waals surface area contributed by atoms with Gasteiger partial charge in [-0.05, 0) is 18.0 Å². The SMILES string of the molecule is N#CC1(NCCN=[N+]=[N-])CCS(=O)(=O)c2ccccc21. The molecule has 1 N–H and O–H groups in total. The summed E-state index contributed by atoms with van der Waals surface area (Å²) in [5, 5.41) is 15.9. The Kier molecular flexibility index (Phi) is 3.95. The van der Waals surface area contributed by atoms with E-state index in [9.17, 15) is 13.7 Å². The lowest BCUT2D eigenvalue weighted by atomic mass is 9.88. The van der Waals surface area contributed by atoms with Gasteiger partial charge in [0.15, 0.2) is 9.84 Å². The molecule has 0 aromatic heterocycles. The van der Waals surface area contributed by atoms with Gasteiger partial charge in [0.05, 0.1) is 16.7 Å². The molecule has 1 aromatic rings. The van der Waals surface area contributed by atoms with Crippen LogP contribution in [0.15, 0.2) is 34.3 Å². The molecule has 1 aliphatic rings. The van der Waals surface area contributed by atoms with Crippen molar-refractivity contribution in [3.63, 3.8) is 0 Å². The third kappa shape index (κ3) is 2.47. The molecule has 0 amide bonds. The molecule has 0 radical (unpaired) electrons. The molecule has 0 saturated carbocycles. The summed E-state index contributed by atoms with van der Waals surface area (Å²) in [5.41, 5.74) is 7.66. The molecule has 0 fully saturated rings. The van der Waals surface area contributed by atoms with Gasteiger partial charge in [-0.2, -0.15) is 5.26 Å². The van der Waals surface area contributed by atoms with E-state index >= 15 is 0 Å².